The highest BCUT2D eigenvalue weighted by molar-refractivity contribution is 7.89. The zero-order chi connectivity index (χ0) is 23.6. The zero-order valence-electron chi connectivity index (χ0n) is 17.6. The van der Waals surface area contributed by atoms with Crippen molar-refractivity contribution < 1.29 is 13.2 Å². The van der Waals surface area contributed by atoms with Gasteiger partial charge < -0.3 is 5.32 Å². The molecule has 0 aliphatic carbocycles. The first-order chi connectivity index (χ1) is 15.7. The van der Waals surface area contributed by atoms with Gasteiger partial charge in [0.1, 0.15) is 4.90 Å². The van der Waals surface area contributed by atoms with Crippen molar-refractivity contribution in [3.63, 3.8) is 0 Å². The molecular weight excluding hydrogens is 462 g/mol. The van der Waals surface area contributed by atoms with Crippen LogP contribution in [0.2, 0.25) is 5.02 Å². The fourth-order valence-corrected chi connectivity index (χ4v) is 4.27. The zero-order valence-corrected chi connectivity index (χ0v) is 19.1. The predicted molar refractivity (Wildman–Crippen MR) is 127 cm³/mol. The van der Waals surface area contributed by atoms with Crippen molar-refractivity contribution in [3.05, 3.63) is 89.3 Å². The number of carbonyl (C=O) groups excluding carboxylic acids is 1. The summed E-state index contributed by atoms with van der Waals surface area (Å²) in [6.45, 7) is 1.88. The Bertz CT molecular complexity index is 1450. The second-order valence-corrected chi connectivity index (χ2v) is 9.32. The van der Waals surface area contributed by atoms with Crippen LogP contribution in [0.4, 0.5) is 5.69 Å². The third kappa shape index (κ3) is 5.28. The number of carbonyl (C=O) groups is 1. The fraction of sp³-hybridized carbons (Fsp3) is 0.0870. The lowest BCUT2D eigenvalue weighted by Gasteiger charge is -2.12. The standard InChI is InChI=1S/C23H20ClN5O3S/c1-15-5-4-8-20(27-15)17-13-26-29(14-17)21-10-9-18(12-22(21)33(25,31)32)28-23(30)11-16-6-2-3-7-19(16)24/h2-10,12-14H,11H2,1H3,(H,28,30)(H2,25,31,32). The molecule has 0 radical (unpaired) electrons. The molecule has 4 aromatic rings. The maximum Gasteiger partial charge on any atom is 0.240 e. The molecule has 0 aliphatic heterocycles. The van der Waals surface area contributed by atoms with Gasteiger partial charge in [-0.1, -0.05) is 35.9 Å². The lowest BCUT2D eigenvalue weighted by Crippen LogP contribution is -2.18. The molecule has 2 aromatic heterocycles. The Hall–Kier alpha value is -3.53. The van der Waals surface area contributed by atoms with Crippen molar-refractivity contribution in [2.24, 2.45) is 5.14 Å². The van der Waals surface area contributed by atoms with Gasteiger partial charge in [-0.2, -0.15) is 5.10 Å². The third-order valence-electron chi connectivity index (χ3n) is 4.87. The normalized spacial score (nSPS) is 11.4. The molecule has 0 saturated carbocycles. The van der Waals surface area contributed by atoms with Crippen molar-refractivity contribution in [1.29, 1.82) is 0 Å². The molecule has 168 valence electrons. The summed E-state index contributed by atoms with van der Waals surface area (Å²) in [4.78, 5) is 16.7. The maximum absolute atomic E-state index is 12.5. The van der Waals surface area contributed by atoms with Gasteiger partial charge in [0.05, 0.1) is 24.0 Å². The van der Waals surface area contributed by atoms with E-state index in [2.05, 4.69) is 15.4 Å². The highest BCUT2D eigenvalue weighted by atomic mass is 35.5. The van der Waals surface area contributed by atoms with Crippen molar-refractivity contribution in [2.45, 2.75) is 18.2 Å². The first-order valence-electron chi connectivity index (χ1n) is 9.90. The van der Waals surface area contributed by atoms with Gasteiger partial charge in [-0.05, 0) is 48.9 Å². The van der Waals surface area contributed by atoms with Gasteiger partial charge in [0, 0.05) is 28.2 Å². The summed E-state index contributed by atoms with van der Waals surface area (Å²) in [5.74, 6) is -0.344. The summed E-state index contributed by atoms with van der Waals surface area (Å²) >= 11 is 6.11. The van der Waals surface area contributed by atoms with Crippen LogP contribution in [0.15, 0.2) is 78.0 Å². The number of amides is 1. The number of nitrogens with two attached hydrogens (primary N) is 1. The van der Waals surface area contributed by atoms with Crippen molar-refractivity contribution in [2.75, 3.05) is 5.32 Å². The van der Waals surface area contributed by atoms with E-state index in [-0.39, 0.29) is 28.6 Å². The van der Waals surface area contributed by atoms with Crippen LogP contribution in [-0.2, 0) is 21.2 Å². The number of benzene rings is 2. The Labute approximate surface area is 196 Å². The van der Waals surface area contributed by atoms with Crippen LogP contribution in [0.1, 0.15) is 11.3 Å². The molecule has 0 unspecified atom stereocenters. The second-order valence-electron chi connectivity index (χ2n) is 7.38. The minimum absolute atomic E-state index is 0.0398. The van der Waals surface area contributed by atoms with E-state index in [0.29, 0.717) is 16.3 Å². The topological polar surface area (TPSA) is 120 Å². The van der Waals surface area contributed by atoms with Crippen molar-refractivity contribution in [1.82, 2.24) is 14.8 Å². The quantitative estimate of drug-likeness (QED) is 0.434. The van der Waals surface area contributed by atoms with Crippen LogP contribution in [0.3, 0.4) is 0 Å². The Balaban J connectivity index is 1.63. The molecule has 0 aliphatic rings. The average Bonchev–Trinajstić information content (AvgIpc) is 3.25. The van der Waals surface area contributed by atoms with Gasteiger partial charge in [0.15, 0.2) is 0 Å². The Kier molecular flexibility index (Phi) is 6.28. The van der Waals surface area contributed by atoms with E-state index in [1.165, 1.54) is 16.8 Å². The first-order valence-corrected chi connectivity index (χ1v) is 11.8. The van der Waals surface area contributed by atoms with Crippen LogP contribution in [0.5, 0.6) is 0 Å². The number of nitrogens with one attached hydrogen (secondary N) is 1. The number of hydrogen-bond acceptors (Lipinski definition) is 5. The van der Waals surface area contributed by atoms with Crippen LogP contribution in [0, 0.1) is 6.92 Å². The molecule has 4 rings (SSSR count). The van der Waals surface area contributed by atoms with E-state index >= 15 is 0 Å². The van der Waals surface area contributed by atoms with Crippen LogP contribution >= 0.6 is 11.6 Å². The second kappa shape index (κ2) is 9.14. The molecule has 3 N–H and O–H groups in total. The minimum atomic E-state index is -4.12. The summed E-state index contributed by atoms with van der Waals surface area (Å²) in [5, 5.41) is 12.9. The average molecular weight is 482 g/mol. The van der Waals surface area contributed by atoms with E-state index in [0.717, 1.165) is 11.3 Å². The van der Waals surface area contributed by atoms with Gasteiger partial charge in [-0.15, -0.1) is 0 Å². The summed E-state index contributed by atoms with van der Waals surface area (Å²) in [6, 6.07) is 17.0. The fourth-order valence-electron chi connectivity index (χ4n) is 3.32. The first kappa shape index (κ1) is 22.7. The highest BCUT2D eigenvalue weighted by Crippen LogP contribution is 2.26. The van der Waals surface area contributed by atoms with E-state index in [1.54, 1.807) is 42.7 Å². The maximum atomic E-state index is 12.5. The van der Waals surface area contributed by atoms with Crippen molar-refractivity contribution >= 4 is 33.2 Å². The summed E-state index contributed by atoms with van der Waals surface area (Å²) in [7, 11) is -4.12. The number of hydrogen-bond donors (Lipinski definition) is 2. The number of nitrogens with zero attached hydrogens (tertiary/aromatic N) is 3. The highest BCUT2D eigenvalue weighted by Gasteiger charge is 2.19. The molecule has 0 bridgehead atoms. The van der Waals surface area contributed by atoms with E-state index in [4.69, 9.17) is 16.7 Å². The SMILES string of the molecule is Cc1cccc(-c2cnn(-c3ccc(NC(=O)Cc4ccccc4Cl)cc3S(N)(=O)=O)c2)n1. The van der Waals surface area contributed by atoms with Gasteiger partial charge in [0.2, 0.25) is 15.9 Å². The Morgan fingerprint density at radius 2 is 1.91 bits per heavy atom. The largest absolute Gasteiger partial charge is 0.326 e. The monoisotopic (exact) mass is 481 g/mol. The molecule has 33 heavy (non-hydrogen) atoms. The molecule has 1 amide bonds. The number of aryl methyl sites for hydroxylation is 1. The lowest BCUT2D eigenvalue weighted by atomic mass is 10.1. The molecular formula is C23H20ClN5O3S. The molecule has 8 nitrogen and oxygen atoms in total. The molecule has 2 heterocycles. The van der Waals surface area contributed by atoms with Gasteiger partial charge >= 0.3 is 0 Å². The summed E-state index contributed by atoms with van der Waals surface area (Å²) in [6.07, 6.45) is 3.30. The number of pyridine rings is 1. The number of primary sulfonamides is 1. The predicted octanol–water partition coefficient (Wildman–Crippen LogP) is 3.72. The number of rotatable bonds is 6. The van der Waals surface area contributed by atoms with Gasteiger partial charge in [0.25, 0.3) is 0 Å². The summed E-state index contributed by atoms with van der Waals surface area (Å²) in [5.41, 5.74) is 3.47. The van der Waals surface area contributed by atoms with Gasteiger partial charge in [-0.25, -0.2) is 18.2 Å². The molecule has 10 heteroatoms. The van der Waals surface area contributed by atoms with Crippen LogP contribution in [0.25, 0.3) is 16.9 Å². The minimum Gasteiger partial charge on any atom is -0.326 e. The van der Waals surface area contributed by atoms with E-state index < -0.39 is 10.0 Å². The van der Waals surface area contributed by atoms with E-state index in [1.807, 2.05) is 25.1 Å². The summed E-state index contributed by atoms with van der Waals surface area (Å²) < 4.78 is 26.0. The molecule has 0 spiro atoms. The Morgan fingerprint density at radius 1 is 1.12 bits per heavy atom. The smallest absolute Gasteiger partial charge is 0.240 e. The number of halogens is 1. The van der Waals surface area contributed by atoms with Crippen LogP contribution < -0.4 is 10.5 Å². The Morgan fingerprint density at radius 3 is 2.64 bits per heavy atom. The number of sulfonamides is 1. The van der Waals surface area contributed by atoms with Crippen LogP contribution in [-0.4, -0.2) is 29.1 Å². The molecule has 2 aromatic carbocycles. The van der Waals surface area contributed by atoms with Gasteiger partial charge in [-0.3, -0.25) is 9.78 Å². The third-order valence-corrected chi connectivity index (χ3v) is 6.18. The number of aromatic nitrogens is 3. The molecule has 0 saturated heterocycles. The number of anilines is 1. The molecule has 0 atom stereocenters. The lowest BCUT2D eigenvalue weighted by molar-refractivity contribution is -0.115. The molecule has 0 fully saturated rings. The van der Waals surface area contributed by atoms with E-state index in [9.17, 15) is 13.2 Å². The van der Waals surface area contributed by atoms with Crippen molar-refractivity contribution in [3.8, 4) is 16.9 Å².